The number of Topliss-reactive ketones (excluding diaryl/α,β-unsaturated/α-hetero) is 3. The van der Waals surface area contributed by atoms with Crippen LogP contribution in [0.4, 0.5) is 49.1 Å². The number of halogens is 1. The van der Waals surface area contributed by atoms with Crippen molar-refractivity contribution in [3.8, 4) is 5.40 Å². The number of ketones is 3. The summed E-state index contributed by atoms with van der Waals surface area (Å²) >= 11 is 7.72. The molecular formula is C114H129BrN10O14S4Si. The number of alkyl halides is 1. The molecule has 4 aliphatic rings. The Morgan fingerprint density at radius 2 is 0.868 bits per heavy atom. The molecule has 0 saturated heterocycles. The maximum absolute atomic E-state index is 12.4. The summed E-state index contributed by atoms with van der Waals surface area (Å²) in [6, 6.07) is 78.9. The SMILES string of the molecule is CC(=O)Nc1ccc(C(C)(c2ccccc2)c2ccc(NC(C)=O)cc2)cc1.CCCCC(=O)Nc1sc2c(c1C(=O)OCC)CCCC2=O.CCOC(=O)c1c(N)sc2c1CCC(Br)C2=O.CCOC(=O)c1c(NC(C)=O)sc2c1CCC(SC#N)C2=O.CN(C)c1ccc2c(c1)[Si](C)(C)c1cc(N(C)C)ccc1C2c1ccccc1.COC(c1ccccc1)(c1ccc(N(C)C)cc1)c1ccc(N(C)C)cc1. The fourth-order valence-electron chi connectivity index (χ4n) is 18.2. The van der Waals surface area contributed by atoms with E-state index in [0.29, 0.717) is 104 Å². The first-order chi connectivity index (χ1) is 68.8. The van der Waals surface area contributed by atoms with Crippen molar-refractivity contribution >= 4 is 188 Å². The number of hydrogen-bond acceptors (Lipinski definition) is 24. The zero-order valence-corrected chi connectivity index (χ0v) is 91.2. The molecule has 0 saturated carbocycles. The maximum atomic E-state index is 12.4. The number of nitrogen functional groups attached to an aromatic ring is 1. The lowest BCUT2D eigenvalue weighted by atomic mass is 9.71. The number of fused-ring (bicyclic) bond motifs is 5. The van der Waals surface area contributed by atoms with Gasteiger partial charge in [-0.25, -0.2) is 14.4 Å². The first kappa shape index (κ1) is 111. The van der Waals surface area contributed by atoms with Crippen molar-refractivity contribution in [1.82, 2.24) is 0 Å². The van der Waals surface area contributed by atoms with Crippen LogP contribution in [0.25, 0.3) is 0 Å². The lowest BCUT2D eigenvalue weighted by molar-refractivity contribution is -0.116. The van der Waals surface area contributed by atoms with Gasteiger partial charge in [0.15, 0.2) is 17.3 Å². The van der Waals surface area contributed by atoms with E-state index < -0.39 is 36.8 Å². The smallest absolute Gasteiger partial charge is 0.341 e. The Morgan fingerprint density at radius 3 is 1.31 bits per heavy atom. The summed E-state index contributed by atoms with van der Waals surface area (Å²) in [6.07, 6.45) is 6.41. The zero-order chi connectivity index (χ0) is 105. The van der Waals surface area contributed by atoms with E-state index in [-0.39, 0.29) is 70.0 Å². The van der Waals surface area contributed by atoms with E-state index in [4.69, 9.17) is 29.9 Å². The van der Waals surface area contributed by atoms with Crippen LogP contribution in [0.5, 0.6) is 0 Å². The minimum atomic E-state index is -1.81. The van der Waals surface area contributed by atoms with Crippen molar-refractivity contribution < 1.29 is 66.9 Å². The van der Waals surface area contributed by atoms with Crippen molar-refractivity contribution in [1.29, 1.82) is 5.26 Å². The number of anilines is 9. The minimum Gasteiger partial charge on any atom is -0.462 e. The molecule has 0 radical (unpaired) electrons. The van der Waals surface area contributed by atoms with Crippen molar-refractivity contribution in [2.24, 2.45) is 0 Å². The molecule has 4 heterocycles. The van der Waals surface area contributed by atoms with E-state index in [1.165, 1.54) is 82.9 Å². The molecule has 1 aliphatic heterocycles. The largest absolute Gasteiger partial charge is 0.462 e. The lowest BCUT2D eigenvalue weighted by Gasteiger charge is -2.39. The second kappa shape index (κ2) is 50.9. The Morgan fingerprint density at radius 1 is 0.479 bits per heavy atom. The highest BCUT2D eigenvalue weighted by atomic mass is 79.9. The molecule has 12 aromatic rings. The Balaban J connectivity index is 0.000000166. The summed E-state index contributed by atoms with van der Waals surface area (Å²) < 4.78 is 21.4. The number of nitrogens with two attached hydrogens (primary N) is 1. The summed E-state index contributed by atoms with van der Waals surface area (Å²) in [4.78, 5) is 129. The number of hydrogen-bond donors (Lipinski definition) is 5. The number of rotatable bonds is 26. The third-order valence-corrected chi connectivity index (χ3v) is 34.3. The van der Waals surface area contributed by atoms with Gasteiger partial charge in [-0.1, -0.05) is 194 Å². The van der Waals surface area contributed by atoms with Crippen LogP contribution in [-0.4, -0.2) is 160 Å². The molecule has 24 nitrogen and oxygen atoms in total. The zero-order valence-electron chi connectivity index (χ0n) is 85.3. The van der Waals surface area contributed by atoms with Gasteiger partial charge in [0.1, 0.15) is 34.1 Å². The van der Waals surface area contributed by atoms with Crippen LogP contribution < -0.4 is 57.0 Å². The predicted octanol–water partition coefficient (Wildman–Crippen LogP) is 22.4. The summed E-state index contributed by atoms with van der Waals surface area (Å²) in [5, 5.41) is 25.6. The topological polar surface area (TPSA) is 319 Å². The van der Waals surface area contributed by atoms with Gasteiger partial charge in [-0.05, 0) is 234 Å². The average Bonchev–Trinajstić information content (AvgIpc) is 0.981. The van der Waals surface area contributed by atoms with Gasteiger partial charge in [0, 0.05) is 143 Å². The molecule has 2 unspecified atom stereocenters. The van der Waals surface area contributed by atoms with Gasteiger partial charge in [0.25, 0.3) is 0 Å². The standard InChI is InChI=1S/C25H30N2Si.C24H24N2O2.C24H28N2O.C16H21NO4S.C14H14N2O4S2.C11H12BrNO3S/c1-26(2)19-12-14-21-23(16-19)28(5,6)24-17-20(27(3)4)13-15-22(24)25(21)18-10-8-7-9-11-18;1-17(27)25-22-13-9-20(10-14-22)24(3,19-7-5-4-6-8-19)21-11-15-23(16-12-21)26-18(2)28;1-25(2)22-15-11-20(12-16-22)24(27-5,19-9-7-6-8-10-19)21-13-17-23(18-14-21)26(3)4;1-3-5-9-12(19)17-15-13(16(20)21-4-2)10-7-6-8-11(18)14(10)22-15;1-3-20-14(19)10-8-4-5-9(21-6-15)11(18)12(8)22-13(10)16-7(2)17;1-2-16-11(15)7-5-3-4-6(12)8(14)9(5)17-10(7)13/h7-17,25H,1-6H3;4-16H,1-3H3,(H,25,27)(H,26,28);6-18H,1-5H3;3-9H2,1-2H3,(H,17,19);9H,3-5H2,1-2H3,(H,16,17);6H,2-4,13H2,1H3. The van der Waals surface area contributed by atoms with Gasteiger partial charge in [-0.3, -0.25) is 33.6 Å². The minimum absolute atomic E-state index is 0.0125. The normalized spacial score (nSPS) is 14.0. The fraction of sp³-hybridized carbons (Fsp3) is 0.325. The number of unbranched alkanes of at least 4 members (excludes halogenated alkanes) is 1. The Bertz CT molecular complexity index is 6430. The molecule has 0 fully saturated rings. The number of thioether (sulfide) groups is 1. The average molecular weight is 2100 g/mol. The molecular weight excluding hydrogens is 1970 g/mol. The van der Waals surface area contributed by atoms with E-state index in [1.54, 1.807) is 38.3 Å². The first-order valence-corrected chi connectivity index (χ1v) is 55.3. The third kappa shape index (κ3) is 26.2. The van der Waals surface area contributed by atoms with Gasteiger partial charge in [0.05, 0.1) is 61.2 Å². The van der Waals surface area contributed by atoms with Crippen molar-refractivity contribution in [3.63, 3.8) is 0 Å². The van der Waals surface area contributed by atoms with Crippen LogP contribution in [0, 0.1) is 10.7 Å². The van der Waals surface area contributed by atoms with Gasteiger partial charge in [0.2, 0.25) is 23.6 Å². The quantitative estimate of drug-likeness (QED) is 0.00840. The van der Waals surface area contributed by atoms with E-state index >= 15 is 0 Å². The highest BCUT2D eigenvalue weighted by Crippen LogP contribution is 2.47. The fourth-order valence-corrected chi connectivity index (χ4v) is 26.3. The number of thiocyanates is 1. The molecule has 754 valence electrons. The number of esters is 3. The van der Waals surface area contributed by atoms with E-state index in [9.17, 15) is 47.9 Å². The van der Waals surface area contributed by atoms with Crippen LogP contribution in [-0.2, 0) is 68.4 Å². The van der Waals surface area contributed by atoms with E-state index in [0.717, 1.165) is 98.2 Å². The first-order valence-electron chi connectivity index (χ1n) is 48.1. The summed E-state index contributed by atoms with van der Waals surface area (Å²) in [6.45, 7) is 19.5. The predicted molar refractivity (Wildman–Crippen MR) is 594 cm³/mol. The highest BCUT2D eigenvalue weighted by Gasteiger charge is 2.43. The van der Waals surface area contributed by atoms with Crippen molar-refractivity contribution in [2.45, 2.75) is 160 Å². The molecule has 3 aromatic heterocycles. The molecule has 2 atom stereocenters. The Labute approximate surface area is 871 Å². The third-order valence-electron chi connectivity index (χ3n) is 25.6. The molecule has 0 spiro atoms. The number of nitrogens with zero attached hydrogens (tertiary/aromatic N) is 5. The van der Waals surface area contributed by atoms with Crippen molar-refractivity contribution in [2.75, 3.05) is 130 Å². The lowest BCUT2D eigenvalue weighted by Crippen LogP contribution is -2.59. The Hall–Kier alpha value is -13.1. The van der Waals surface area contributed by atoms with Crippen LogP contribution in [0.3, 0.4) is 0 Å². The van der Waals surface area contributed by atoms with Gasteiger partial charge in [-0.2, -0.15) is 5.26 Å². The summed E-state index contributed by atoms with van der Waals surface area (Å²) in [5.74, 6) is -1.85. The number of carbonyl (C=O) groups is 10. The number of carbonyl (C=O) groups excluding carboxylic acids is 10. The number of amides is 4. The molecule has 144 heavy (non-hydrogen) atoms. The van der Waals surface area contributed by atoms with E-state index in [2.05, 4.69) is 285 Å². The molecule has 0 bridgehead atoms. The number of methoxy groups -OCH3 is 1. The van der Waals surface area contributed by atoms with Gasteiger partial charge < -0.3 is 65.5 Å². The number of thiophene rings is 3. The molecule has 6 N–H and O–H groups in total. The highest BCUT2D eigenvalue weighted by molar-refractivity contribution is 9.10. The number of nitriles is 1. The second-order valence-corrected chi connectivity index (χ2v) is 46.1. The van der Waals surface area contributed by atoms with Crippen LogP contribution in [0.15, 0.2) is 224 Å². The molecule has 9 aromatic carbocycles. The second-order valence-electron chi connectivity index (χ2n) is 36.6. The molecule has 4 amide bonds. The summed E-state index contributed by atoms with van der Waals surface area (Å²) in [5.41, 5.74) is 25.4. The Kier molecular flexibility index (Phi) is 39.3. The molecule has 30 heteroatoms. The van der Waals surface area contributed by atoms with Gasteiger partial charge >= 0.3 is 17.9 Å². The van der Waals surface area contributed by atoms with Crippen molar-refractivity contribution in [3.05, 3.63) is 323 Å². The maximum Gasteiger partial charge on any atom is 0.341 e. The van der Waals surface area contributed by atoms with E-state index in [1.807, 2.05) is 85.1 Å². The van der Waals surface area contributed by atoms with Crippen LogP contribution in [0.2, 0.25) is 13.1 Å². The molecule has 16 rings (SSSR count). The van der Waals surface area contributed by atoms with Crippen LogP contribution >= 0.6 is 61.7 Å². The number of ether oxygens (including phenoxy) is 4. The number of nitrogens with one attached hydrogen (secondary N) is 4. The molecule has 3 aliphatic carbocycles. The van der Waals surface area contributed by atoms with Gasteiger partial charge in [-0.15, -0.1) is 34.0 Å². The monoisotopic (exact) mass is 2100 g/mol. The summed E-state index contributed by atoms with van der Waals surface area (Å²) in [7, 11) is 16.7. The van der Waals surface area contributed by atoms with Crippen LogP contribution in [0.1, 0.15) is 233 Å². The number of benzene rings is 9.